The van der Waals surface area contributed by atoms with Gasteiger partial charge in [-0.1, -0.05) is 23.7 Å². The SMILES string of the molecule is CN(C)c1ccc(NC(=O)CNc2ccccc2Cl)cc1. The molecule has 2 rings (SSSR count). The van der Waals surface area contributed by atoms with E-state index < -0.39 is 0 Å². The van der Waals surface area contributed by atoms with Crippen molar-refractivity contribution in [2.75, 3.05) is 36.2 Å². The Balaban J connectivity index is 1.88. The molecule has 0 unspecified atom stereocenters. The first-order valence-corrected chi connectivity index (χ1v) is 6.99. The van der Waals surface area contributed by atoms with Gasteiger partial charge in [0, 0.05) is 25.5 Å². The lowest BCUT2D eigenvalue weighted by molar-refractivity contribution is -0.114. The summed E-state index contributed by atoms with van der Waals surface area (Å²) in [5.74, 6) is -0.118. The van der Waals surface area contributed by atoms with Crippen LogP contribution in [0.5, 0.6) is 0 Å². The monoisotopic (exact) mass is 303 g/mol. The molecular weight excluding hydrogens is 286 g/mol. The summed E-state index contributed by atoms with van der Waals surface area (Å²) >= 11 is 6.02. The summed E-state index contributed by atoms with van der Waals surface area (Å²) in [6.45, 7) is 0.166. The van der Waals surface area contributed by atoms with Crippen molar-refractivity contribution >= 4 is 34.6 Å². The molecule has 0 saturated carbocycles. The van der Waals surface area contributed by atoms with Gasteiger partial charge in [0.25, 0.3) is 0 Å². The number of nitrogens with one attached hydrogen (secondary N) is 2. The Hall–Kier alpha value is -2.20. The normalized spacial score (nSPS) is 10.0. The summed E-state index contributed by atoms with van der Waals surface area (Å²) < 4.78 is 0. The Labute approximate surface area is 129 Å². The zero-order valence-electron chi connectivity index (χ0n) is 12.1. The first-order chi connectivity index (χ1) is 10.1. The van der Waals surface area contributed by atoms with Gasteiger partial charge in [-0.05, 0) is 36.4 Å². The lowest BCUT2D eigenvalue weighted by Crippen LogP contribution is -2.21. The molecule has 0 aliphatic rings. The highest BCUT2D eigenvalue weighted by Crippen LogP contribution is 2.20. The van der Waals surface area contributed by atoms with Gasteiger partial charge in [-0.2, -0.15) is 0 Å². The van der Waals surface area contributed by atoms with E-state index in [1.807, 2.05) is 61.5 Å². The predicted octanol–water partition coefficient (Wildman–Crippen LogP) is 3.46. The molecule has 0 aliphatic carbocycles. The van der Waals surface area contributed by atoms with Crippen LogP contribution in [0.2, 0.25) is 5.02 Å². The molecule has 0 aromatic heterocycles. The van der Waals surface area contributed by atoms with Gasteiger partial charge in [-0.3, -0.25) is 4.79 Å². The maximum Gasteiger partial charge on any atom is 0.243 e. The van der Waals surface area contributed by atoms with E-state index in [1.54, 1.807) is 6.07 Å². The molecule has 0 radical (unpaired) electrons. The van der Waals surface area contributed by atoms with Crippen LogP contribution in [0.15, 0.2) is 48.5 Å². The van der Waals surface area contributed by atoms with Crippen LogP contribution < -0.4 is 15.5 Å². The van der Waals surface area contributed by atoms with E-state index >= 15 is 0 Å². The van der Waals surface area contributed by atoms with Crippen molar-refractivity contribution in [3.05, 3.63) is 53.6 Å². The number of nitrogens with zero attached hydrogens (tertiary/aromatic N) is 1. The van der Waals surface area contributed by atoms with Crippen LogP contribution in [-0.4, -0.2) is 26.5 Å². The summed E-state index contributed by atoms with van der Waals surface area (Å²) in [6.07, 6.45) is 0. The number of carbonyl (C=O) groups is 1. The largest absolute Gasteiger partial charge is 0.378 e. The van der Waals surface area contributed by atoms with Gasteiger partial charge < -0.3 is 15.5 Å². The Morgan fingerprint density at radius 1 is 1.10 bits per heavy atom. The number of halogens is 1. The van der Waals surface area contributed by atoms with Crippen molar-refractivity contribution in [2.24, 2.45) is 0 Å². The summed E-state index contributed by atoms with van der Waals surface area (Å²) in [5, 5.41) is 6.44. The second kappa shape index (κ2) is 6.99. The first kappa shape index (κ1) is 15.2. The lowest BCUT2D eigenvalue weighted by Gasteiger charge is -2.13. The number of rotatable bonds is 5. The number of carbonyl (C=O) groups excluding carboxylic acids is 1. The van der Waals surface area contributed by atoms with Gasteiger partial charge >= 0.3 is 0 Å². The number of anilines is 3. The van der Waals surface area contributed by atoms with Gasteiger partial charge in [0.1, 0.15) is 0 Å². The Kier molecular flexibility index (Phi) is 5.06. The first-order valence-electron chi connectivity index (χ1n) is 6.62. The quantitative estimate of drug-likeness (QED) is 0.889. The third kappa shape index (κ3) is 4.39. The van der Waals surface area contributed by atoms with Crippen molar-refractivity contribution in [1.29, 1.82) is 0 Å². The maximum atomic E-state index is 11.9. The summed E-state index contributed by atoms with van der Waals surface area (Å²) in [5.41, 5.74) is 2.60. The molecule has 1 amide bonds. The van der Waals surface area contributed by atoms with E-state index in [4.69, 9.17) is 11.6 Å². The second-order valence-corrected chi connectivity index (χ2v) is 5.23. The van der Waals surface area contributed by atoms with Crippen LogP contribution in [0.3, 0.4) is 0 Å². The van der Waals surface area contributed by atoms with Crippen molar-refractivity contribution in [3.8, 4) is 0 Å². The molecule has 0 aliphatic heterocycles. The van der Waals surface area contributed by atoms with E-state index in [2.05, 4.69) is 10.6 Å². The van der Waals surface area contributed by atoms with Gasteiger partial charge in [-0.25, -0.2) is 0 Å². The molecule has 4 nitrogen and oxygen atoms in total. The average molecular weight is 304 g/mol. The van der Waals surface area contributed by atoms with E-state index in [9.17, 15) is 4.79 Å². The zero-order valence-corrected chi connectivity index (χ0v) is 12.8. The van der Waals surface area contributed by atoms with Crippen LogP contribution >= 0.6 is 11.6 Å². The smallest absolute Gasteiger partial charge is 0.243 e. The minimum absolute atomic E-state index is 0.118. The summed E-state index contributed by atoms with van der Waals surface area (Å²) in [7, 11) is 3.95. The Morgan fingerprint density at radius 3 is 2.38 bits per heavy atom. The molecule has 110 valence electrons. The van der Waals surface area contributed by atoms with E-state index in [0.717, 1.165) is 17.1 Å². The molecule has 2 N–H and O–H groups in total. The molecule has 0 saturated heterocycles. The highest BCUT2D eigenvalue weighted by atomic mass is 35.5. The highest BCUT2D eigenvalue weighted by Gasteiger charge is 2.04. The summed E-state index contributed by atoms with van der Waals surface area (Å²) in [4.78, 5) is 13.9. The molecule has 2 aromatic carbocycles. The van der Waals surface area contributed by atoms with Crippen LogP contribution in [0, 0.1) is 0 Å². The van der Waals surface area contributed by atoms with Crippen LogP contribution in [-0.2, 0) is 4.79 Å². The van der Waals surface area contributed by atoms with E-state index in [1.165, 1.54) is 0 Å². The van der Waals surface area contributed by atoms with E-state index in [-0.39, 0.29) is 12.5 Å². The van der Waals surface area contributed by atoms with E-state index in [0.29, 0.717) is 5.02 Å². The van der Waals surface area contributed by atoms with Gasteiger partial charge in [0.15, 0.2) is 0 Å². The average Bonchev–Trinajstić information content (AvgIpc) is 2.47. The van der Waals surface area contributed by atoms with Crippen LogP contribution in [0.1, 0.15) is 0 Å². The molecule has 0 bridgehead atoms. The second-order valence-electron chi connectivity index (χ2n) is 4.82. The van der Waals surface area contributed by atoms with Crippen LogP contribution in [0.4, 0.5) is 17.1 Å². The van der Waals surface area contributed by atoms with Crippen molar-refractivity contribution in [1.82, 2.24) is 0 Å². The number of benzene rings is 2. The molecule has 5 heteroatoms. The lowest BCUT2D eigenvalue weighted by atomic mass is 10.2. The fourth-order valence-electron chi connectivity index (χ4n) is 1.83. The van der Waals surface area contributed by atoms with Crippen molar-refractivity contribution in [2.45, 2.75) is 0 Å². The third-order valence-electron chi connectivity index (χ3n) is 2.98. The topological polar surface area (TPSA) is 44.4 Å². The molecule has 0 heterocycles. The number of amides is 1. The fourth-order valence-corrected chi connectivity index (χ4v) is 2.03. The molecular formula is C16H18ClN3O. The number of hydrogen-bond donors (Lipinski definition) is 2. The maximum absolute atomic E-state index is 11.9. The molecule has 0 fully saturated rings. The molecule has 0 atom stereocenters. The minimum atomic E-state index is -0.118. The van der Waals surface area contributed by atoms with Gasteiger partial charge in [0.2, 0.25) is 5.91 Å². The third-order valence-corrected chi connectivity index (χ3v) is 3.31. The predicted molar refractivity (Wildman–Crippen MR) is 89.3 cm³/mol. The Bertz CT molecular complexity index is 611. The molecule has 2 aromatic rings. The zero-order chi connectivity index (χ0) is 15.2. The fraction of sp³-hybridized carbons (Fsp3) is 0.188. The summed E-state index contributed by atoms with van der Waals surface area (Å²) in [6, 6.07) is 15.0. The van der Waals surface area contributed by atoms with Gasteiger partial charge in [0.05, 0.1) is 17.3 Å². The van der Waals surface area contributed by atoms with Crippen LogP contribution in [0.25, 0.3) is 0 Å². The van der Waals surface area contributed by atoms with Gasteiger partial charge in [-0.15, -0.1) is 0 Å². The Morgan fingerprint density at radius 2 is 1.76 bits per heavy atom. The van der Waals surface area contributed by atoms with Crippen molar-refractivity contribution < 1.29 is 4.79 Å². The standard InChI is InChI=1S/C16H18ClN3O/c1-20(2)13-9-7-12(8-10-13)19-16(21)11-18-15-6-4-3-5-14(15)17/h3-10,18H,11H2,1-2H3,(H,19,21). The highest BCUT2D eigenvalue weighted by molar-refractivity contribution is 6.33. The number of hydrogen-bond acceptors (Lipinski definition) is 3. The number of para-hydroxylation sites is 1. The minimum Gasteiger partial charge on any atom is -0.378 e. The van der Waals surface area contributed by atoms with Crippen molar-refractivity contribution in [3.63, 3.8) is 0 Å². The molecule has 0 spiro atoms. The molecule has 21 heavy (non-hydrogen) atoms.